The molecule has 0 bridgehead atoms. The minimum absolute atomic E-state index is 0.116. The van der Waals surface area contributed by atoms with E-state index in [-0.39, 0.29) is 11.7 Å². The number of benzene rings is 2. The monoisotopic (exact) mass is 262 g/mol. The molecule has 0 spiro atoms. The average Bonchev–Trinajstić information content (AvgIpc) is 2.67. The predicted octanol–water partition coefficient (Wildman–Crippen LogP) is 4.05. The van der Waals surface area contributed by atoms with Crippen molar-refractivity contribution in [3.8, 4) is 0 Å². The fourth-order valence-electron chi connectivity index (χ4n) is 2.68. The van der Waals surface area contributed by atoms with E-state index in [2.05, 4.69) is 0 Å². The van der Waals surface area contributed by atoms with Crippen molar-refractivity contribution in [2.45, 2.75) is 18.4 Å². The molecule has 2 unspecified atom stereocenters. The van der Waals surface area contributed by atoms with Gasteiger partial charge in [0.05, 0.1) is 6.10 Å². The van der Waals surface area contributed by atoms with Gasteiger partial charge in [-0.3, -0.25) is 0 Å². The maximum Gasteiger partial charge on any atom is 0.127 e. The van der Waals surface area contributed by atoms with E-state index in [1.807, 2.05) is 18.2 Å². The molecule has 0 saturated carbocycles. The number of hydrogen-bond acceptors (Lipinski definition) is 1. The molecular weight excluding hydrogens is 251 g/mol. The minimum atomic E-state index is -0.540. The van der Waals surface area contributed by atoms with Crippen LogP contribution in [0.1, 0.15) is 35.1 Å². The Labute approximate surface area is 110 Å². The van der Waals surface area contributed by atoms with Crippen LogP contribution in [0.2, 0.25) is 5.02 Å². The van der Waals surface area contributed by atoms with Crippen molar-refractivity contribution in [1.29, 1.82) is 0 Å². The molecule has 0 radical (unpaired) electrons. The highest BCUT2D eigenvalue weighted by Crippen LogP contribution is 2.45. The Morgan fingerprint density at radius 3 is 2.61 bits per heavy atom. The number of hydrogen-bond donors (Lipinski definition) is 1. The fraction of sp³-hybridized carbons (Fsp3) is 0.200. The Balaban J connectivity index is 2.13. The Bertz CT molecular complexity index is 597. The molecule has 2 aromatic rings. The van der Waals surface area contributed by atoms with Crippen LogP contribution in [0.3, 0.4) is 0 Å². The largest absolute Gasteiger partial charge is 0.388 e. The molecule has 0 fully saturated rings. The standard InChI is InChI=1S/C15H12ClFO/c16-9-5-6-11-12(7-9)13(8-15(11)18)10-3-1-2-4-14(10)17/h1-7,13,15,18H,8H2. The summed E-state index contributed by atoms with van der Waals surface area (Å²) in [5.74, 6) is -0.350. The molecule has 0 amide bonds. The first-order valence-corrected chi connectivity index (χ1v) is 6.26. The molecule has 3 heteroatoms. The molecule has 2 atom stereocenters. The van der Waals surface area contributed by atoms with Crippen molar-refractivity contribution < 1.29 is 9.50 Å². The van der Waals surface area contributed by atoms with Crippen LogP contribution in [0.25, 0.3) is 0 Å². The van der Waals surface area contributed by atoms with E-state index in [4.69, 9.17) is 11.6 Å². The van der Waals surface area contributed by atoms with Crippen LogP contribution in [0.15, 0.2) is 42.5 Å². The normalized spacial score (nSPS) is 21.9. The minimum Gasteiger partial charge on any atom is -0.388 e. The Morgan fingerprint density at radius 2 is 1.83 bits per heavy atom. The summed E-state index contributed by atoms with van der Waals surface area (Å²) in [6.07, 6.45) is -0.0294. The van der Waals surface area contributed by atoms with Crippen molar-refractivity contribution >= 4 is 11.6 Å². The van der Waals surface area contributed by atoms with Gasteiger partial charge in [0.2, 0.25) is 0 Å². The smallest absolute Gasteiger partial charge is 0.127 e. The Kier molecular flexibility index (Phi) is 2.84. The second-order valence-corrected chi connectivity index (χ2v) is 5.04. The van der Waals surface area contributed by atoms with Gasteiger partial charge in [0.15, 0.2) is 0 Å². The van der Waals surface area contributed by atoms with E-state index in [0.717, 1.165) is 11.1 Å². The lowest BCUT2D eigenvalue weighted by molar-refractivity contribution is 0.176. The molecule has 1 aliphatic carbocycles. The number of halogens is 2. The van der Waals surface area contributed by atoms with E-state index in [1.54, 1.807) is 18.2 Å². The first kappa shape index (κ1) is 11.7. The highest BCUT2D eigenvalue weighted by Gasteiger charge is 2.32. The first-order valence-electron chi connectivity index (χ1n) is 5.88. The lowest BCUT2D eigenvalue weighted by Crippen LogP contribution is -1.99. The van der Waals surface area contributed by atoms with Crippen LogP contribution in [0.4, 0.5) is 4.39 Å². The van der Waals surface area contributed by atoms with Gasteiger partial charge in [0.1, 0.15) is 5.82 Å². The summed E-state index contributed by atoms with van der Waals surface area (Å²) in [4.78, 5) is 0. The third-order valence-electron chi connectivity index (χ3n) is 3.52. The van der Waals surface area contributed by atoms with E-state index < -0.39 is 6.10 Å². The summed E-state index contributed by atoms with van der Waals surface area (Å²) >= 11 is 5.99. The molecule has 0 heterocycles. The molecule has 0 aromatic heterocycles. The van der Waals surface area contributed by atoms with Crippen molar-refractivity contribution in [3.63, 3.8) is 0 Å². The predicted molar refractivity (Wildman–Crippen MR) is 69.3 cm³/mol. The van der Waals surface area contributed by atoms with E-state index in [0.29, 0.717) is 17.0 Å². The highest BCUT2D eigenvalue weighted by atomic mass is 35.5. The zero-order valence-electron chi connectivity index (χ0n) is 9.61. The fourth-order valence-corrected chi connectivity index (χ4v) is 2.86. The average molecular weight is 263 g/mol. The van der Waals surface area contributed by atoms with Crippen molar-refractivity contribution in [2.24, 2.45) is 0 Å². The van der Waals surface area contributed by atoms with Gasteiger partial charge in [-0.25, -0.2) is 4.39 Å². The van der Waals surface area contributed by atoms with Crippen LogP contribution < -0.4 is 0 Å². The van der Waals surface area contributed by atoms with Crippen LogP contribution in [-0.4, -0.2) is 5.11 Å². The van der Waals surface area contributed by atoms with Crippen LogP contribution in [0.5, 0.6) is 0 Å². The molecule has 1 nitrogen and oxygen atoms in total. The summed E-state index contributed by atoms with van der Waals surface area (Å²) in [5.41, 5.74) is 2.41. The third kappa shape index (κ3) is 1.82. The third-order valence-corrected chi connectivity index (χ3v) is 3.76. The summed E-state index contributed by atoms with van der Waals surface area (Å²) < 4.78 is 13.8. The summed E-state index contributed by atoms with van der Waals surface area (Å²) in [5, 5.41) is 10.6. The van der Waals surface area contributed by atoms with Crippen molar-refractivity contribution in [2.75, 3.05) is 0 Å². The van der Waals surface area contributed by atoms with E-state index in [1.165, 1.54) is 6.07 Å². The van der Waals surface area contributed by atoms with Gasteiger partial charge >= 0.3 is 0 Å². The van der Waals surface area contributed by atoms with Gasteiger partial charge < -0.3 is 5.11 Å². The van der Waals surface area contributed by atoms with Gasteiger partial charge in [-0.15, -0.1) is 0 Å². The number of aliphatic hydroxyl groups is 1. The SMILES string of the molecule is OC1CC(c2ccccc2F)c2cc(Cl)ccc21. The van der Waals surface area contributed by atoms with Crippen molar-refractivity contribution in [1.82, 2.24) is 0 Å². The van der Waals surface area contributed by atoms with Gasteiger partial charge in [-0.05, 0) is 41.3 Å². The van der Waals surface area contributed by atoms with Crippen LogP contribution in [0, 0.1) is 5.82 Å². The second-order valence-electron chi connectivity index (χ2n) is 4.60. The van der Waals surface area contributed by atoms with Crippen LogP contribution in [-0.2, 0) is 0 Å². The van der Waals surface area contributed by atoms with Crippen LogP contribution >= 0.6 is 11.6 Å². The molecule has 0 aliphatic heterocycles. The lowest BCUT2D eigenvalue weighted by atomic mass is 9.92. The molecule has 1 aliphatic rings. The number of fused-ring (bicyclic) bond motifs is 1. The molecular formula is C15H12ClFO. The maximum atomic E-state index is 13.8. The van der Waals surface area contributed by atoms with E-state index in [9.17, 15) is 9.50 Å². The zero-order chi connectivity index (χ0) is 12.7. The summed E-state index contributed by atoms with van der Waals surface area (Å²) in [6.45, 7) is 0. The topological polar surface area (TPSA) is 20.2 Å². The van der Waals surface area contributed by atoms with E-state index >= 15 is 0 Å². The zero-order valence-corrected chi connectivity index (χ0v) is 10.4. The van der Waals surface area contributed by atoms with Gasteiger partial charge in [0, 0.05) is 10.9 Å². The second kappa shape index (κ2) is 4.38. The van der Waals surface area contributed by atoms with Crippen molar-refractivity contribution in [3.05, 3.63) is 70.0 Å². The van der Waals surface area contributed by atoms with Gasteiger partial charge in [-0.1, -0.05) is 35.9 Å². The first-order chi connectivity index (χ1) is 8.66. The summed E-state index contributed by atoms with van der Waals surface area (Å²) in [6, 6.07) is 12.1. The van der Waals surface area contributed by atoms with Gasteiger partial charge in [-0.2, -0.15) is 0 Å². The molecule has 2 aromatic carbocycles. The highest BCUT2D eigenvalue weighted by molar-refractivity contribution is 6.30. The van der Waals surface area contributed by atoms with Gasteiger partial charge in [0.25, 0.3) is 0 Å². The maximum absolute atomic E-state index is 13.8. The molecule has 3 rings (SSSR count). The molecule has 92 valence electrons. The number of rotatable bonds is 1. The Hall–Kier alpha value is -1.38. The Morgan fingerprint density at radius 1 is 1.06 bits per heavy atom. The molecule has 0 saturated heterocycles. The molecule has 18 heavy (non-hydrogen) atoms. The lowest BCUT2D eigenvalue weighted by Gasteiger charge is -2.12. The molecule has 1 N–H and O–H groups in total. The number of aliphatic hydroxyl groups excluding tert-OH is 1. The quantitative estimate of drug-likeness (QED) is 0.822. The summed E-state index contributed by atoms with van der Waals surface area (Å²) in [7, 11) is 0.